The molecule has 0 fully saturated rings. The third kappa shape index (κ3) is 3.10. The number of aryl methyl sites for hydroxylation is 2. The fraction of sp³-hybridized carbons (Fsp3) is 0.471. The first-order valence-electron chi connectivity index (χ1n) is 7.74. The lowest BCUT2D eigenvalue weighted by Gasteiger charge is -2.19. The van der Waals surface area contributed by atoms with Gasteiger partial charge in [-0.25, -0.2) is 0 Å². The first-order valence-corrected chi connectivity index (χ1v) is 7.74. The van der Waals surface area contributed by atoms with Crippen LogP contribution in [-0.4, -0.2) is 22.9 Å². The topological polar surface area (TPSA) is 39.1 Å². The van der Waals surface area contributed by atoms with Crippen molar-refractivity contribution in [3.05, 3.63) is 47.3 Å². The average Bonchev–Trinajstić information content (AvgIpc) is 3.11. The summed E-state index contributed by atoms with van der Waals surface area (Å²) in [4.78, 5) is 0. The van der Waals surface area contributed by atoms with E-state index in [-0.39, 0.29) is 0 Å². The summed E-state index contributed by atoms with van der Waals surface area (Å²) in [5.41, 5.74) is 3.99. The number of nitrogens with zero attached hydrogens (tertiary/aromatic N) is 2. The summed E-state index contributed by atoms with van der Waals surface area (Å²) in [5, 5.41) is 7.84. The van der Waals surface area contributed by atoms with Gasteiger partial charge in [-0.05, 0) is 42.6 Å². The van der Waals surface area contributed by atoms with Crippen molar-refractivity contribution in [1.82, 2.24) is 15.1 Å². The third-order valence-electron chi connectivity index (χ3n) is 4.18. The van der Waals surface area contributed by atoms with E-state index < -0.39 is 0 Å². The molecular weight excluding hydrogens is 262 g/mol. The Kier molecular flexibility index (Phi) is 4.25. The summed E-state index contributed by atoms with van der Waals surface area (Å²) in [6, 6.07) is 9.10. The third-order valence-corrected chi connectivity index (χ3v) is 4.18. The minimum atomic E-state index is 0.385. The minimum absolute atomic E-state index is 0.385. The molecule has 0 amide bonds. The molecule has 0 radical (unpaired) electrons. The van der Waals surface area contributed by atoms with Crippen molar-refractivity contribution in [2.24, 2.45) is 7.05 Å². The standard InChI is InChI=1S/C17H23N3O/c1-3-18-16(6-5-15-8-10-19-20(15)2)13-4-7-17-14(12-13)9-11-21-17/h4,7-8,10,12,16,18H,3,5-6,9,11H2,1-2H3. The second-order valence-corrected chi connectivity index (χ2v) is 5.56. The van der Waals surface area contributed by atoms with Crippen LogP contribution in [0.15, 0.2) is 30.5 Å². The first-order chi connectivity index (χ1) is 10.3. The van der Waals surface area contributed by atoms with Gasteiger partial charge >= 0.3 is 0 Å². The fourth-order valence-corrected chi connectivity index (χ4v) is 2.99. The van der Waals surface area contributed by atoms with Crippen molar-refractivity contribution in [2.45, 2.75) is 32.2 Å². The molecule has 0 saturated carbocycles. The molecule has 2 aromatic rings. The molecule has 1 aliphatic rings. The Morgan fingerprint density at radius 2 is 2.29 bits per heavy atom. The van der Waals surface area contributed by atoms with E-state index in [4.69, 9.17) is 4.74 Å². The van der Waals surface area contributed by atoms with Gasteiger partial charge in [0, 0.05) is 31.4 Å². The van der Waals surface area contributed by atoms with Crippen molar-refractivity contribution >= 4 is 0 Å². The van der Waals surface area contributed by atoms with Gasteiger partial charge in [0.15, 0.2) is 0 Å². The van der Waals surface area contributed by atoms with E-state index in [1.807, 2.05) is 17.9 Å². The number of rotatable bonds is 6. The minimum Gasteiger partial charge on any atom is -0.493 e. The normalized spacial score (nSPS) is 14.8. The van der Waals surface area contributed by atoms with Gasteiger partial charge in [0.05, 0.1) is 6.61 Å². The average molecular weight is 285 g/mol. The zero-order valence-electron chi connectivity index (χ0n) is 12.8. The predicted molar refractivity (Wildman–Crippen MR) is 83.6 cm³/mol. The van der Waals surface area contributed by atoms with Crippen LogP contribution >= 0.6 is 0 Å². The van der Waals surface area contributed by atoms with E-state index in [1.165, 1.54) is 16.8 Å². The molecule has 1 aromatic heterocycles. The number of nitrogens with one attached hydrogen (secondary N) is 1. The molecule has 1 N–H and O–H groups in total. The van der Waals surface area contributed by atoms with Gasteiger partial charge in [0.1, 0.15) is 5.75 Å². The molecule has 4 heteroatoms. The van der Waals surface area contributed by atoms with Crippen molar-refractivity contribution in [3.8, 4) is 5.75 Å². The molecule has 1 atom stereocenters. The smallest absolute Gasteiger partial charge is 0.122 e. The van der Waals surface area contributed by atoms with Crippen LogP contribution in [0.3, 0.4) is 0 Å². The zero-order valence-corrected chi connectivity index (χ0v) is 12.8. The molecule has 0 bridgehead atoms. The van der Waals surface area contributed by atoms with Crippen LogP contribution in [0, 0.1) is 0 Å². The fourth-order valence-electron chi connectivity index (χ4n) is 2.99. The van der Waals surface area contributed by atoms with Crippen molar-refractivity contribution < 1.29 is 4.74 Å². The highest BCUT2D eigenvalue weighted by molar-refractivity contribution is 5.40. The van der Waals surface area contributed by atoms with Gasteiger partial charge in [0.25, 0.3) is 0 Å². The largest absolute Gasteiger partial charge is 0.493 e. The lowest BCUT2D eigenvalue weighted by atomic mass is 9.98. The Bertz CT molecular complexity index is 606. The maximum Gasteiger partial charge on any atom is 0.122 e. The van der Waals surface area contributed by atoms with Crippen LogP contribution in [0.2, 0.25) is 0 Å². The molecule has 21 heavy (non-hydrogen) atoms. The number of benzene rings is 1. The van der Waals surface area contributed by atoms with Crippen LogP contribution in [0.4, 0.5) is 0 Å². The van der Waals surface area contributed by atoms with E-state index in [1.54, 1.807) is 0 Å². The molecule has 112 valence electrons. The van der Waals surface area contributed by atoms with E-state index in [2.05, 4.69) is 41.6 Å². The monoisotopic (exact) mass is 285 g/mol. The lowest BCUT2D eigenvalue weighted by molar-refractivity contribution is 0.356. The van der Waals surface area contributed by atoms with E-state index in [0.29, 0.717) is 6.04 Å². The molecule has 4 nitrogen and oxygen atoms in total. The number of aromatic nitrogens is 2. The second kappa shape index (κ2) is 6.31. The summed E-state index contributed by atoms with van der Waals surface area (Å²) >= 11 is 0. The summed E-state index contributed by atoms with van der Waals surface area (Å²) in [6.45, 7) is 3.96. The van der Waals surface area contributed by atoms with E-state index in [9.17, 15) is 0 Å². The van der Waals surface area contributed by atoms with E-state index >= 15 is 0 Å². The molecule has 0 spiro atoms. The molecule has 2 heterocycles. The Morgan fingerprint density at radius 3 is 3.05 bits per heavy atom. The summed E-state index contributed by atoms with van der Waals surface area (Å²) in [6.07, 6.45) is 5.00. The van der Waals surface area contributed by atoms with Crippen LogP contribution in [-0.2, 0) is 19.9 Å². The molecule has 1 unspecified atom stereocenters. The van der Waals surface area contributed by atoms with Gasteiger partial charge in [-0.15, -0.1) is 0 Å². The number of hydrogen-bond acceptors (Lipinski definition) is 3. The van der Waals surface area contributed by atoms with Gasteiger partial charge in [0.2, 0.25) is 0 Å². The van der Waals surface area contributed by atoms with Crippen molar-refractivity contribution in [2.75, 3.05) is 13.2 Å². The quantitative estimate of drug-likeness (QED) is 0.887. The van der Waals surface area contributed by atoms with Crippen LogP contribution in [0.1, 0.15) is 36.2 Å². The Hall–Kier alpha value is -1.81. The van der Waals surface area contributed by atoms with E-state index in [0.717, 1.165) is 38.2 Å². The highest BCUT2D eigenvalue weighted by Crippen LogP contribution is 2.29. The summed E-state index contributed by atoms with van der Waals surface area (Å²) in [5.74, 6) is 1.06. The molecule has 0 saturated heterocycles. The van der Waals surface area contributed by atoms with Crippen LogP contribution in [0.25, 0.3) is 0 Å². The molecule has 1 aromatic carbocycles. The Morgan fingerprint density at radius 1 is 1.38 bits per heavy atom. The zero-order chi connectivity index (χ0) is 14.7. The highest BCUT2D eigenvalue weighted by atomic mass is 16.5. The number of ether oxygens (including phenoxy) is 1. The van der Waals surface area contributed by atoms with Crippen molar-refractivity contribution in [1.29, 1.82) is 0 Å². The first kappa shape index (κ1) is 14.1. The van der Waals surface area contributed by atoms with Gasteiger partial charge in [-0.2, -0.15) is 5.10 Å². The molecular formula is C17H23N3O. The number of hydrogen-bond donors (Lipinski definition) is 1. The van der Waals surface area contributed by atoms with Crippen molar-refractivity contribution in [3.63, 3.8) is 0 Å². The Balaban J connectivity index is 1.73. The summed E-state index contributed by atoms with van der Waals surface area (Å²) < 4.78 is 7.55. The molecule has 0 aliphatic carbocycles. The SMILES string of the molecule is CCNC(CCc1ccnn1C)c1ccc2c(c1)CCO2. The van der Waals surface area contributed by atoms with Gasteiger partial charge < -0.3 is 10.1 Å². The second-order valence-electron chi connectivity index (χ2n) is 5.56. The maximum atomic E-state index is 5.60. The highest BCUT2D eigenvalue weighted by Gasteiger charge is 2.17. The number of fused-ring (bicyclic) bond motifs is 1. The van der Waals surface area contributed by atoms with Gasteiger partial charge in [-0.1, -0.05) is 19.1 Å². The molecule has 1 aliphatic heterocycles. The van der Waals surface area contributed by atoms with Gasteiger partial charge in [-0.3, -0.25) is 4.68 Å². The lowest BCUT2D eigenvalue weighted by Crippen LogP contribution is -2.22. The maximum absolute atomic E-state index is 5.60. The Labute approximate surface area is 126 Å². The van der Waals surface area contributed by atoms with Crippen LogP contribution in [0.5, 0.6) is 5.75 Å². The molecule has 3 rings (SSSR count). The predicted octanol–water partition coefficient (Wildman–Crippen LogP) is 2.64. The van der Waals surface area contributed by atoms with Crippen LogP contribution < -0.4 is 10.1 Å². The summed E-state index contributed by atoms with van der Waals surface area (Å²) in [7, 11) is 2.00.